The molecule has 0 radical (unpaired) electrons. The van der Waals surface area contributed by atoms with Gasteiger partial charge in [-0.2, -0.15) is 8.61 Å². The standard InChI is InChI=1S/C22H27N3O6S2/c1-17-3-7-21(8-4-17)33(29,30)25-15-16-31-22(25)11-13-24(14-12-22)32(27,28)20-9-5-19(6-10-20)23-18(2)26/h3-10H,11-16H2,1-2H3,(H,23,26). The summed E-state index contributed by atoms with van der Waals surface area (Å²) in [6, 6.07) is 12.6. The number of hydrogen-bond donors (Lipinski definition) is 1. The minimum Gasteiger partial charge on any atom is -0.358 e. The molecule has 2 aromatic rings. The first-order chi connectivity index (χ1) is 15.5. The van der Waals surface area contributed by atoms with Gasteiger partial charge >= 0.3 is 0 Å². The lowest BCUT2D eigenvalue weighted by Crippen LogP contribution is -2.55. The molecule has 1 amide bonds. The molecule has 2 aliphatic rings. The fraction of sp³-hybridized carbons (Fsp3) is 0.409. The summed E-state index contributed by atoms with van der Waals surface area (Å²) in [6.45, 7) is 4.03. The molecule has 33 heavy (non-hydrogen) atoms. The molecule has 2 aliphatic heterocycles. The van der Waals surface area contributed by atoms with Crippen LogP contribution in [0, 0.1) is 6.92 Å². The number of piperidine rings is 1. The van der Waals surface area contributed by atoms with E-state index in [1.807, 2.05) is 6.92 Å². The minimum absolute atomic E-state index is 0.115. The van der Waals surface area contributed by atoms with Gasteiger partial charge in [0.1, 0.15) is 5.72 Å². The molecule has 0 aliphatic carbocycles. The molecule has 11 heteroatoms. The van der Waals surface area contributed by atoms with E-state index in [2.05, 4.69) is 5.32 Å². The maximum atomic E-state index is 13.3. The van der Waals surface area contributed by atoms with Crippen molar-refractivity contribution in [2.75, 3.05) is 31.6 Å². The Morgan fingerprint density at radius 1 is 0.879 bits per heavy atom. The number of anilines is 1. The van der Waals surface area contributed by atoms with Crippen LogP contribution in [-0.2, 0) is 29.6 Å². The van der Waals surface area contributed by atoms with E-state index in [0.29, 0.717) is 5.69 Å². The SMILES string of the molecule is CC(=O)Nc1ccc(S(=O)(=O)N2CCC3(CC2)OCCN3S(=O)(=O)c2ccc(C)cc2)cc1. The van der Waals surface area contributed by atoms with Gasteiger partial charge in [-0.25, -0.2) is 16.8 Å². The third-order valence-corrected chi connectivity index (χ3v) is 9.92. The van der Waals surface area contributed by atoms with Crippen LogP contribution in [0.5, 0.6) is 0 Å². The lowest BCUT2D eigenvalue weighted by molar-refractivity contribution is -0.114. The monoisotopic (exact) mass is 493 g/mol. The molecule has 1 spiro atoms. The minimum atomic E-state index is -3.78. The number of benzene rings is 2. The number of aryl methyl sites for hydroxylation is 1. The smallest absolute Gasteiger partial charge is 0.245 e. The van der Waals surface area contributed by atoms with Crippen molar-refractivity contribution in [3.05, 3.63) is 54.1 Å². The molecule has 0 bridgehead atoms. The molecular weight excluding hydrogens is 466 g/mol. The average molecular weight is 494 g/mol. The van der Waals surface area contributed by atoms with Gasteiger partial charge in [-0.1, -0.05) is 17.7 Å². The van der Waals surface area contributed by atoms with E-state index in [0.717, 1.165) is 5.56 Å². The molecule has 4 rings (SSSR count). The van der Waals surface area contributed by atoms with E-state index in [1.165, 1.54) is 39.8 Å². The number of amides is 1. The summed E-state index contributed by atoms with van der Waals surface area (Å²) in [4.78, 5) is 11.5. The van der Waals surface area contributed by atoms with Crippen LogP contribution in [0.15, 0.2) is 58.3 Å². The van der Waals surface area contributed by atoms with Gasteiger partial charge in [0.25, 0.3) is 0 Å². The molecule has 178 valence electrons. The van der Waals surface area contributed by atoms with Gasteiger partial charge in [-0.3, -0.25) is 4.79 Å². The van der Waals surface area contributed by atoms with Gasteiger partial charge in [0.05, 0.1) is 16.4 Å². The Kier molecular flexibility index (Phi) is 6.36. The predicted octanol–water partition coefficient (Wildman–Crippen LogP) is 2.16. The van der Waals surface area contributed by atoms with Crippen molar-refractivity contribution < 1.29 is 26.4 Å². The van der Waals surface area contributed by atoms with Crippen molar-refractivity contribution in [1.82, 2.24) is 8.61 Å². The van der Waals surface area contributed by atoms with Crippen LogP contribution in [0.4, 0.5) is 5.69 Å². The summed E-state index contributed by atoms with van der Waals surface area (Å²) >= 11 is 0. The van der Waals surface area contributed by atoms with Crippen LogP contribution >= 0.6 is 0 Å². The summed E-state index contributed by atoms with van der Waals surface area (Å²) in [5.41, 5.74) is 0.422. The number of nitrogens with one attached hydrogen (secondary N) is 1. The Morgan fingerprint density at radius 3 is 2.00 bits per heavy atom. The van der Waals surface area contributed by atoms with E-state index >= 15 is 0 Å². The van der Waals surface area contributed by atoms with Crippen LogP contribution in [0.25, 0.3) is 0 Å². The zero-order valence-corrected chi connectivity index (χ0v) is 20.2. The maximum Gasteiger partial charge on any atom is 0.245 e. The van der Waals surface area contributed by atoms with Crippen LogP contribution in [-0.4, -0.2) is 63.3 Å². The Labute approximate surface area is 194 Å². The fourth-order valence-corrected chi connectivity index (χ4v) is 7.47. The van der Waals surface area contributed by atoms with Crippen LogP contribution < -0.4 is 5.32 Å². The van der Waals surface area contributed by atoms with E-state index < -0.39 is 25.8 Å². The van der Waals surface area contributed by atoms with Gasteiger partial charge in [0.15, 0.2) is 0 Å². The molecule has 9 nitrogen and oxygen atoms in total. The first-order valence-corrected chi connectivity index (χ1v) is 13.5. The van der Waals surface area contributed by atoms with Crippen LogP contribution in [0.1, 0.15) is 25.3 Å². The first-order valence-electron chi connectivity index (χ1n) is 10.7. The largest absolute Gasteiger partial charge is 0.358 e. The highest BCUT2D eigenvalue weighted by Crippen LogP contribution is 2.39. The summed E-state index contributed by atoms with van der Waals surface area (Å²) in [7, 11) is -7.54. The lowest BCUT2D eigenvalue weighted by atomic mass is 10.0. The Hall–Kier alpha value is -2.31. The van der Waals surface area contributed by atoms with Crippen LogP contribution in [0.3, 0.4) is 0 Å². The Morgan fingerprint density at radius 2 is 1.42 bits per heavy atom. The highest BCUT2D eigenvalue weighted by Gasteiger charge is 2.51. The summed E-state index contributed by atoms with van der Waals surface area (Å²) in [5.74, 6) is -0.242. The first kappa shape index (κ1) is 23.8. The van der Waals surface area contributed by atoms with Crippen molar-refractivity contribution >= 4 is 31.6 Å². The number of carbonyl (C=O) groups is 1. The van der Waals surface area contributed by atoms with Crippen molar-refractivity contribution in [3.8, 4) is 0 Å². The molecular formula is C22H27N3O6S2. The number of sulfonamides is 2. The number of carbonyl (C=O) groups excluding carboxylic acids is 1. The second kappa shape index (κ2) is 8.80. The molecule has 0 unspecified atom stereocenters. The second-order valence-electron chi connectivity index (χ2n) is 8.29. The van der Waals surface area contributed by atoms with Gasteiger partial charge in [0, 0.05) is 45.1 Å². The third kappa shape index (κ3) is 4.56. The molecule has 1 N–H and O–H groups in total. The molecule has 2 heterocycles. The average Bonchev–Trinajstić information content (AvgIpc) is 3.18. The highest BCUT2D eigenvalue weighted by atomic mass is 32.2. The van der Waals surface area contributed by atoms with Gasteiger partial charge in [0.2, 0.25) is 26.0 Å². The molecule has 0 aromatic heterocycles. The van der Waals surface area contributed by atoms with Gasteiger partial charge in [-0.05, 0) is 43.3 Å². The molecule has 0 atom stereocenters. The Balaban J connectivity index is 1.51. The van der Waals surface area contributed by atoms with Gasteiger partial charge in [-0.15, -0.1) is 0 Å². The predicted molar refractivity (Wildman–Crippen MR) is 122 cm³/mol. The van der Waals surface area contributed by atoms with E-state index in [1.54, 1.807) is 24.3 Å². The topological polar surface area (TPSA) is 113 Å². The second-order valence-corrected chi connectivity index (χ2v) is 12.1. The highest BCUT2D eigenvalue weighted by molar-refractivity contribution is 7.89. The third-order valence-electron chi connectivity index (χ3n) is 6.04. The molecule has 0 saturated carbocycles. The number of hydrogen-bond acceptors (Lipinski definition) is 6. The molecule has 2 saturated heterocycles. The summed E-state index contributed by atoms with van der Waals surface area (Å²) < 4.78 is 61.5. The van der Waals surface area contributed by atoms with E-state index in [-0.39, 0.29) is 54.8 Å². The molecule has 2 fully saturated rings. The quantitative estimate of drug-likeness (QED) is 0.683. The fourth-order valence-electron chi connectivity index (χ4n) is 4.30. The van der Waals surface area contributed by atoms with E-state index in [4.69, 9.17) is 4.74 Å². The summed E-state index contributed by atoms with van der Waals surface area (Å²) in [6.07, 6.45) is 0.475. The van der Waals surface area contributed by atoms with Crippen LogP contribution in [0.2, 0.25) is 0 Å². The van der Waals surface area contributed by atoms with Crippen molar-refractivity contribution in [1.29, 1.82) is 0 Å². The molecule has 2 aromatic carbocycles. The van der Waals surface area contributed by atoms with Gasteiger partial charge < -0.3 is 10.1 Å². The number of ether oxygens (including phenoxy) is 1. The number of rotatable bonds is 5. The Bertz CT molecular complexity index is 1230. The van der Waals surface area contributed by atoms with E-state index in [9.17, 15) is 21.6 Å². The summed E-state index contributed by atoms with van der Waals surface area (Å²) in [5, 5.41) is 2.61. The normalized spacial score (nSPS) is 19.6. The van der Waals surface area contributed by atoms with Crippen molar-refractivity contribution in [2.24, 2.45) is 0 Å². The maximum absolute atomic E-state index is 13.3. The lowest BCUT2D eigenvalue weighted by Gasteiger charge is -2.42. The zero-order chi connectivity index (χ0) is 23.9. The van der Waals surface area contributed by atoms with Crippen molar-refractivity contribution in [2.45, 2.75) is 42.2 Å². The van der Waals surface area contributed by atoms with Crippen molar-refractivity contribution in [3.63, 3.8) is 0 Å². The zero-order valence-electron chi connectivity index (χ0n) is 18.5. The number of nitrogens with zero attached hydrogens (tertiary/aromatic N) is 2.